The van der Waals surface area contributed by atoms with Gasteiger partial charge in [-0.15, -0.1) is 0 Å². The average Bonchev–Trinajstić information content (AvgIpc) is 2.37. The Morgan fingerprint density at radius 2 is 2.11 bits per heavy atom. The molecule has 1 unspecified atom stereocenters. The second-order valence-electron chi connectivity index (χ2n) is 4.40. The molecule has 0 amide bonds. The van der Waals surface area contributed by atoms with Crippen LogP contribution in [0.2, 0.25) is 0 Å². The van der Waals surface area contributed by atoms with Crippen LogP contribution in [0, 0.1) is 5.92 Å². The molecule has 0 bridgehead atoms. The molecule has 1 aromatic heterocycles. The van der Waals surface area contributed by atoms with Crippen molar-refractivity contribution in [3.05, 3.63) is 30.6 Å². The Morgan fingerprint density at radius 1 is 1.39 bits per heavy atom. The summed E-state index contributed by atoms with van der Waals surface area (Å²) in [5, 5.41) is 1.04. The lowest BCUT2D eigenvalue weighted by atomic mass is 10.1. The number of rotatable bonds is 4. The van der Waals surface area contributed by atoms with Crippen LogP contribution in [0.15, 0.2) is 30.6 Å². The molecule has 0 saturated heterocycles. The first-order valence-corrected chi connectivity index (χ1v) is 6.20. The molecule has 2 aromatic rings. The van der Waals surface area contributed by atoms with Crippen molar-refractivity contribution in [2.45, 2.75) is 6.92 Å². The van der Waals surface area contributed by atoms with Gasteiger partial charge in [-0.05, 0) is 12.1 Å². The van der Waals surface area contributed by atoms with Crippen molar-refractivity contribution >= 4 is 33.9 Å². The monoisotopic (exact) mass is 260 g/mol. The van der Waals surface area contributed by atoms with Gasteiger partial charge in [0, 0.05) is 24.9 Å². The van der Waals surface area contributed by atoms with Gasteiger partial charge in [0.15, 0.2) is 0 Å². The number of aromatic nitrogens is 2. The number of thiocarbonyl (C=S) groups is 1. The summed E-state index contributed by atoms with van der Waals surface area (Å²) in [6.07, 6.45) is 1.58. The largest absolute Gasteiger partial charge is 0.393 e. The van der Waals surface area contributed by atoms with Crippen molar-refractivity contribution in [3.63, 3.8) is 0 Å². The Balaban J connectivity index is 2.33. The number of benzene rings is 1. The zero-order valence-electron chi connectivity index (χ0n) is 10.5. The van der Waals surface area contributed by atoms with E-state index in [1.54, 1.807) is 6.33 Å². The van der Waals surface area contributed by atoms with E-state index in [9.17, 15) is 0 Å². The van der Waals surface area contributed by atoms with E-state index < -0.39 is 0 Å². The number of nitrogens with two attached hydrogens (primary N) is 1. The Hall–Kier alpha value is -1.75. The lowest BCUT2D eigenvalue weighted by molar-refractivity contribution is 0.737. The van der Waals surface area contributed by atoms with Gasteiger partial charge >= 0.3 is 0 Å². The first-order chi connectivity index (χ1) is 8.59. The summed E-state index contributed by atoms with van der Waals surface area (Å²) in [5.41, 5.74) is 6.59. The van der Waals surface area contributed by atoms with Gasteiger partial charge in [0.25, 0.3) is 0 Å². The minimum absolute atomic E-state index is 0.152. The summed E-state index contributed by atoms with van der Waals surface area (Å²) in [5.74, 6) is 1.06. The van der Waals surface area contributed by atoms with Crippen molar-refractivity contribution < 1.29 is 0 Å². The van der Waals surface area contributed by atoms with Gasteiger partial charge in [-0.3, -0.25) is 0 Å². The van der Waals surface area contributed by atoms with Gasteiger partial charge in [-0.2, -0.15) is 0 Å². The fraction of sp³-hybridized carbons (Fsp3) is 0.308. The number of hydrogen-bond acceptors (Lipinski definition) is 4. The van der Waals surface area contributed by atoms with Crippen molar-refractivity contribution in [2.24, 2.45) is 11.7 Å². The van der Waals surface area contributed by atoms with Crippen molar-refractivity contribution in [1.82, 2.24) is 9.97 Å². The predicted octanol–water partition coefficient (Wildman–Crippen LogP) is 1.99. The fourth-order valence-corrected chi connectivity index (χ4v) is 1.96. The molecule has 4 nitrogen and oxygen atoms in total. The molecule has 18 heavy (non-hydrogen) atoms. The molecular weight excluding hydrogens is 244 g/mol. The van der Waals surface area contributed by atoms with Gasteiger partial charge in [0.2, 0.25) is 0 Å². The van der Waals surface area contributed by atoms with Crippen LogP contribution in [0.4, 0.5) is 5.82 Å². The maximum absolute atomic E-state index is 5.65. The lowest BCUT2D eigenvalue weighted by Crippen LogP contribution is -2.31. The van der Waals surface area contributed by atoms with E-state index >= 15 is 0 Å². The Bertz CT molecular complexity index is 564. The van der Waals surface area contributed by atoms with Gasteiger partial charge < -0.3 is 10.6 Å². The zero-order chi connectivity index (χ0) is 13.1. The van der Waals surface area contributed by atoms with Crippen LogP contribution in [0.5, 0.6) is 0 Å². The number of fused-ring (bicyclic) bond motifs is 1. The molecule has 0 saturated carbocycles. The first kappa shape index (κ1) is 12.7. The molecule has 94 valence electrons. The van der Waals surface area contributed by atoms with E-state index in [1.807, 2.05) is 38.2 Å². The Labute approximate surface area is 112 Å². The van der Waals surface area contributed by atoms with E-state index in [1.165, 1.54) is 0 Å². The highest BCUT2D eigenvalue weighted by molar-refractivity contribution is 7.80. The smallest absolute Gasteiger partial charge is 0.139 e. The number of hydrogen-bond donors (Lipinski definition) is 1. The van der Waals surface area contributed by atoms with Crippen LogP contribution in [0.3, 0.4) is 0 Å². The lowest BCUT2D eigenvalue weighted by Gasteiger charge is -2.22. The third-order valence-corrected chi connectivity index (χ3v) is 3.32. The van der Waals surface area contributed by atoms with Crippen molar-refractivity contribution in [3.8, 4) is 0 Å². The van der Waals surface area contributed by atoms with Gasteiger partial charge in [-0.25, -0.2) is 9.97 Å². The van der Waals surface area contributed by atoms with Crippen molar-refractivity contribution in [1.29, 1.82) is 0 Å². The number of nitrogens with zero attached hydrogens (tertiary/aromatic N) is 3. The summed E-state index contributed by atoms with van der Waals surface area (Å²) in [4.78, 5) is 11.2. The highest BCUT2D eigenvalue weighted by atomic mass is 32.1. The highest BCUT2D eigenvalue weighted by Crippen LogP contribution is 2.22. The third-order valence-electron chi connectivity index (χ3n) is 2.92. The maximum Gasteiger partial charge on any atom is 0.139 e. The van der Waals surface area contributed by atoms with E-state index in [0.29, 0.717) is 4.99 Å². The Kier molecular flexibility index (Phi) is 3.72. The molecule has 0 fully saturated rings. The molecule has 0 aliphatic carbocycles. The summed E-state index contributed by atoms with van der Waals surface area (Å²) in [6.45, 7) is 2.76. The number of anilines is 1. The topological polar surface area (TPSA) is 55.0 Å². The second kappa shape index (κ2) is 5.27. The van der Waals surface area contributed by atoms with Gasteiger partial charge in [-0.1, -0.05) is 31.3 Å². The zero-order valence-corrected chi connectivity index (χ0v) is 11.3. The average molecular weight is 260 g/mol. The maximum atomic E-state index is 5.65. The normalized spacial score (nSPS) is 12.3. The van der Waals surface area contributed by atoms with E-state index in [0.717, 1.165) is 23.3 Å². The minimum Gasteiger partial charge on any atom is -0.393 e. The molecule has 5 heteroatoms. The number of para-hydroxylation sites is 1. The molecule has 0 aliphatic heterocycles. The molecule has 0 spiro atoms. The quantitative estimate of drug-likeness (QED) is 0.852. The molecule has 0 aliphatic rings. The van der Waals surface area contributed by atoms with Crippen LogP contribution >= 0.6 is 12.2 Å². The van der Waals surface area contributed by atoms with E-state index in [2.05, 4.69) is 14.9 Å². The standard InChI is InChI=1S/C13H16N4S/c1-9(12(14)18)7-17(2)13-10-5-3-4-6-11(10)15-8-16-13/h3-6,8-9H,7H2,1-2H3,(H2,14,18). The van der Waals surface area contributed by atoms with Crippen LogP contribution in [-0.4, -0.2) is 28.5 Å². The van der Waals surface area contributed by atoms with Gasteiger partial charge in [0.1, 0.15) is 12.1 Å². The summed E-state index contributed by atoms with van der Waals surface area (Å²) >= 11 is 5.00. The first-order valence-electron chi connectivity index (χ1n) is 5.80. The summed E-state index contributed by atoms with van der Waals surface area (Å²) in [7, 11) is 1.99. The molecule has 1 aromatic carbocycles. The second-order valence-corrected chi connectivity index (χ2v) is 4.87. The highest BCUT2D eigenvalue weighted by Gasteiger charge is 2.12. The minimum atomic E-state index is 0.152. The summed E-state index contributed by atoms with van der Waals surface area (Å²) < 4.78 is 0. The Morgan fingerprint density at radius 3 is 2.83 bits per heavy atom. The third kappa shape index (κ3) is 2.56. The van der Waals surface area contributed by atoms with Crippen LogP contribution in [-0.2, 0) is 0 Å². The van der Waals surface area contributed by atoms with E-state index in [4.69, 9.17) is 18.0 Å². The van der Waals surface area contributed by atoms with Crippen LogP contribution in [0.1, 0.15) is 6.92 Å². The van der Waals surface area contributed by atoms with Crippen LogP contribution < -0.4 is 10.6 Å². The van der Waals surface area contributed by atoms with E-state index in [-0.39, 0.29) is 5.92 Å². The molecule has 0 radical (unpaired) electrons. The SMILES string of the molecule is CC(CN(C)c1ncnc2ccccc12)C(N)=S. The fourth-order valence-electron chi connectivity index (χ4n) is 1.88. The van der Waals surface area contributed by atoms with Crippen molar-refractivity contribution in [2.75, 3.05) is 18.5 Å². The molecule has 2 rings (SSSR count). The molecule has 2 N–H and O–H groups in total. The van der Waals surface area contributed by atoms with Gasteiger partial charge in [0.05, 0.1) is 10.5 Å². The molecule has 1 heterocycles. The molecular formula is C13H16N4S. The predicted molar refractivity (Wildman–Crippen MR) is 78.8 cm³/mol. The molecule has 1 atom stereocenters. The summed E-state index contributed by atoms with van der Waals surface area (Å²) in [6, 6.07) is 7.95. The van der Waals surface area contributed by atoms with Crippen LogP contribution in [0.25, 0.3) is 10.9 Å².